The molecule has 1 saturated heterocycles. The monoisotopic (exact) mass is 207 g/mol. The van der Waals surface area contributed by atoms with E-state index in [0.717, 1.165) is 6.42 Å². The molecule has 1 aliphatic rings. The van der Waals surface area contributed by atoms with Gasteiger partial charge in [-0.1, -0.05) is 0 Å². The Morgan fingerprint density at radius 1 is 1.53 bits per heavy atom. The number of piperidine rings is 1. The third-order valence-corrected chi connectivity index (χ3v) is 2.46. The van der Waals surface area contributed by atoms with Gasteiger partial charge in [-0.25, -0.2) is 4.98 Å². The molecule has 2 rings (SSSR count). The maximum atomic E-state index is 11.9. The molecule has 80 valence electrons. The minimum Gasteiger partial charge on any atom is -0.340 e. The maximum Gasteiger partial charge on any atom is 0.274 e. The Morgan fingerprint density at radius 2 is 2.33 bits per heavy atom. The van der Waals surface area contributed by atoms with Crippen LogP contribution in [0.3, 0.4) is 0 Å². The molecule has 0 N–H and O–H groups in total. The Balaban J connectivity index is 2.10. The molecule has 5 nitrogen and oxygen atoms in total. The molecule has 1 aromatic heterocycles. The van der Waals surface area contributed by atoms with E-state index in [1.807, 2.05) is 7.05 Å². The van der Waals surface area contributed by atoms with Crippen LogP contribution in [0.5, 0.6) is 0 Å². The Bertz CT molecular complexity index is 397. The van der Waals surface area contributed by atoms with Gasteiger partial charge in [0.05, 0.1) is 12.9 Å². The molecule has 2 heterocycles. The molecular weight excluding hydrogens is 194 g/mol. The highest BCUT2D eigenvalue weighted by molar-refractivity contribution is 5.95. The van der Waals surface area contributed by atoms with Crippen molar-refractivity contribution < 1.29 is 9.59 Å². The average Bonchev–Trinajstić information content (AvgIpc) is 2.64. The number of ketones is 1. The molecule has 0 unspecified atom stereocenters. The minimum absolute atomic E-state index is 0.130. The van der Waals surface area contributed by atoms with Crippen molar-refractivity contribution in [1.29, 1.82) is 0 Å². The number of aryl methyl sites for hydroxylation is 1. The van der Waals surface area contributed by atoms with Gasteiger partial charge in [0.2, 0.25) is 0 Å². The van der Waals surface area contributed by atoms with Gasteiger partial charge in [0, 0.05) is 26.2 Å². The number of amides is 1. The van der Waals surface area contributed by atoms with E-state index in [4.69, 9.17) is 0 Å². The van der Waals surface area contributed by atoms with Crippen LogP contribution in [0.25, 0.3) is 0 Å². The van der Waals surface area contributed by atoms with Crippen molar-refractivity contribution in [2.24, 2.45) is 7.05 Å². The van der Waals surface area contributed by atoms with Crippen LogP contribution >= 0.6 is 0 Å². The third-order valence-electron chi connectivity index (χ3n) is 2.46. The molecule has 0 aromatic carbocycles. The molecule has 15 heavy (non-hydrogen) atoms. The Hall–Kier alpha value is -1.65. The van der Waals surface area contributed by atoms with Crippen LogP contribution in [0.1, 0.15) is 23.3 Å². The van der Waals surface area contributed by atoms with Gasteiger partial charge in [0.1, 0.15) is 5.69 Å². The topological polar surface area (TPSA) is 55.2 Å². The first-order valence-electron chi connectivity index (χ1n) is 4.96. The summed E-state index contributed by atoms with van der Waals surface area (Å²) in [4.78, 5) is 28.6. The van der Waals surface area contributed by atoms with Crippen LogP contribution in [-0.2, 0) is 11.8 Å². The fraction of sp³-hybridized carbons (Fsp3) is 0.500. The first kappa shape index (κ1) is 9.89. The van der Waals surface area contributed by atoms with Gasteiger partial charge >= 0.3 is 0 Å². The minimum atomic E-state index is -0.149. The summed E-state index contributed by atoms with van der Waals surface area (Å²) < 4.78 is 1.72. The molecule has 1 aromatic rings. The zero-order valence-corrected chi connectivity index (χ0v) is 8.64. The fourth-order valence-electron chi connectivity index (χ4n) is 1.70. The first-order chi connectivity index (χ1) is 7.16. The smallest absolute Gasteiger partial charge is 0.274 e. The normalized spacial score (nSPS) is 16.9. The summed E-state index contributed by atoms with van der Waals surface area (Å²) in [6.07, 6.45) is 4.60. The second-order valence-electron chi connectivity index (χ2n) is 3.79. The summed E-state index contributed by atoms with van der Waals surface area (Å²) in [5.41, 5.74) is 0.409. The lowest BCUT2D eigenvalue weighted by Crippen LogP contribution is -2.40. The SMILES string of the molecule is Cn1cnc(C(=O)N2CCCC(=O)C2)c1. The number of nitrogens with zero attached hydrogens (tertiary/aromatic N) is 3. The van der Waals surface area contributed by atoms with Gasteiger partial charge in [0.15, 0.2) is 5.78 Å². The standard InChI is InChI=1S/C10H13N3O2/c1-12-6-9(11-7-12)10(15)13-4-2-3-8(14)5-13/h6-7H,2-5H2,1H3. The summed E-state index contributed by atoms with van der Waals surface area (Å²) in [6, 6.07) is 0. The van der Waals surface area contributed by atoms with Crippen molar-refractivity contribution in [2.45, 2.75) is 12.8 Å². The quantitative estimate of drug-likeness (QED) is 0.662. The number of aromatic nitrogens is 2. The van der Waals surface area contributed by atoms with Gasteiger partial charge in [-0.3, -0.25) is 9.59 Å². The molecule has 0 bridgehead atoms. The fourth-order valence-corrected chi connectivity index (χ4v) is 1.70. The zero-order chi connectivity index (χ0) is 10.8. The largest absolute Gasteiger partial charge is 0.340 e. The number of carbonyl (C=O) groups is 2. The van der Waals surface area contributed by atoms with Gasteiger partial charge in [-0.05, 0) is 6.42 Å². The van der Waals surface area contributed by atoms with E-state index < -0.39 is 0 Å². The molecule has 0 atom stereocenters. The van der Waals surface area contributed by atoms with Crippen LogP contribution in [0.4, 0.5) is 0 Å². The number of carbonyl (C=O) groups excluding carboxylic acids is 2. The van der Waals surface area contributed by atoms with Crippen molar-refractivity contribution in [2.75, 3.05) is 13.1 Å². The predicted molar refractivity (Wildman–Crippen MR) is 53.4 cm³/mol. The average molecular weight is 207 g/mol. The number of hydrogen-bond donors (Lipinski definition) is 0. The van der Waals surface area contributed by atoms with Crippen LogP contribution in [0, 0.1) is 0 Å². The molecular formula is C10H13N3O2. The maximum absolute atomic E-state index is 11.9. The van der Waals surface area contributed by atoms with E-state index in [0.29, 0.717) is 18.7 Å². The number of likely N-dealkylation sites (tertiary alicyclic amines) is 1. The number of rotatable bonds is 1. The van der Waals surface area contributed by atoms with E-state index >= 15 is 0 Å². The van der Waals surface area contributed by atoms with Crippen LogP contribution in [0.2, 0.25) is 0 Å². The Labute approximate surface area is 87.7 Å². The summed E-state index contributed by atoms with van der Waals surface area (Å²) in [6.45, 7) is 0.885. The van der Waals surface area contributed by atoms with E-state index in [-0.39, 0.29) is 18.2 Å². The molecule has 5 heteroatoms. The van der Waals surface area contributed by atoms with E-state index in [9.17, 15) is 9.59 Å². The van der Waals surface area contributed by atoms with Crippen LogP contribution < -0.4 is 0 Å². The predicted octanol–water partition coefficient (Wildman–Crippen LogP) is 0.225. The van der Waals surface area contributed by atoms with Gasteiger partial charge in [-0.2, -0.15) is 0 Å². The van der Waals surface area contributed by atoms with Gasteiger partial charge < -0.3 is 9.47 Å². The molecule has 0 saturated carbocycles. The lowest BCUT2D eigenvalue weighted by atomic mass is 10.1. The van der Waals surface area contributed by atoms with Crippen molar-refractivity contribution in [3.63, 3.8) is 0 Å². The lowest BCUT2D eigenvalue weighted by molar-refractivity contribution is -0.121. The first-order valence-corrected chi connectivity index (χ1v) is 4.96. The van der Waals surface area contributed by atoms with Crippen molar-refractivity contribution in [3.05, 3.63) is 18.2 Å². The zero-order valence-electron chi connectivity index (χ0n) is 8.64. The molecule has 1 fully saturated rings. The summed E-state index contributed by atoms with van der Waals surface area (Å²) in [7, 11) is 1.81. The second kappa shape index (κ2) is 3.84. The summed E-state index contributed by atoms with van der Waals surface area (Å²) in [5.74, 6) is -0.0193. The van der Waals surface area contributed by atoms with Gasteiger partial charge in [-0.15, -0.1) is 0 Å². The van der Waals surface area contributed by atoms with E-state index in [2.05, 4.69) is 4.98 Å². The summed E-state index contributed by atoms with van der Waals surface area (Å²) in [5, 5.41) is 0. The highest BCUT2D eigenvalue weighted by Gasteiger charge is 2.23. The van der Waals surface area contributed by atoms with Crippen molar-refractivity contribution in [1.82, 2.24) is 14.5 Å². The molecule has 1 amide bonds. The van der Waals surface area contributed by atoms with Crippen LogP contribution in [0.15, 0.2) is 12.5 Å². The molecule has 0 aliphatic carbocycles. The highest BCUT2D eigenvalue weighted by atomic mass is 16.2. The van der Waals surface area contributed by atoms with Crippen LogP contribution in [-0.4, -0.2) is 39.2 Å². The molecule has 0 spiro atoms. The third kappa shape index (κ3) is 2.06. The van der Waals surface area contributed by atoms with Gasteiger partial charge in [0.25, 0.3) is 5.91 Å². The number of hydrogen-bond acceptors (Lipinski definition) is 3. The van der Waals surface area contributed by atoms with Crippen molar-refractivity contribution in [3.8, 4) is 0 Å². The van der Waals surface area contributed by atoms with E-state index in [1.165, 1.54) is 0 Å². The summed E-state index contributed by atoms with van der Waals surface area (Å²) >= 11 is 0. The Kier molecular flexibility index (Phi) is 2.53. The number of imidazole rings is 1. The second-order valence-corrected chi connectivity index (χ2v) is 3.79. The number of Topliss-reactive ketones (excluding diaryl/α,β-unsaturated/α-hetero) is 1. The Morgan fingerprint density at radius 3 is 2.93 bits per heavy atom. The van der Waals surface area contributed by atoms with Crippen molar-refractivity contribution >= 4 is 11.7 Å². The molecule has 1 aliphatic heterocycles. The lowest BCUT2D eigenvalue weighted by Gasteiger charge is -2.24. The van der Waals surface area contributed by atoms with E-state index in [1.54, 1.807) is 22.0 Å². The highest BCUT2D eigenvalue weighted by Crippen LogP contribution is 2.09. The molecule has 0 radical (unpaired) electrons.